The van der Waals surface area contributed by atoms with Gasteiger partial charge in [-0.2, -0.15) is 0 Å². The van der Waals surface area contributed by atoms with Crippen molar-refractivity contribution in [2.45, 2.75) is 119 Å². The lowest BCUT2D eigenvalue weighted by atomic mass is 9.83. The SMILES string of the molecule is Cc1cc(C)cc(N(c2cccc(C(C)(C)C)c2)c2ccc3c(c2)C(C)(C)c2c-3c3cc(-c4ccccc4)cc4c5c(n2c34)C(C)(C)c2cc(N(c3cc(C)cc(C)c3)c3cccc(C(C)(C)C)c3)ccc2-5)c1. The Bertz CT molecular complexity index is 3590. The van der Waals surface area contributed by atoms with E-state index in [1.54, 1.807) is 0 Å². The number of aryl methyl sites for hydroxylation is 4. The van der Waals surface area contributed by atoms with Gasteiger partial charge in [0.15, 0.2) is 0 Å². The van der Waals surface area contributed by atoms with Crippen molar-refractivity contribution < 1.29 is 0 Å². The molecule has 2 heterocycles. The Kier molecular flexibility index (Phi) is 10.3. The van der Waals surface area contributed by atoms with Crippen molar-refractivity contribution in [3.05, 3.63) is 220 Å². The van der Waals surface area contributed by atoms with Crippen molar-refractivity contribution in [3.8, 4) is 33.4 Å². The second-order valence-electron chi connectivity index (χ2n) is 24.7. The molecule has 10 aromatic rings. The molecule has 2 aromatic heterocycles. The molecule has 0 N–H and O–H groups in total. The monoisotopic (exact) mass is 952 g/mol. The van der Waals surface area contributed by atoms with Gasteiger partial charge in [0.1, 0.15) is 0 Å². The van der Waals surface area contributed by atoms with Crippen molar-refractivity contribution in [2.75, 3.05) is 9.80 Å². The van der Waals surface area contributed by atoms with Gasteiger partial charge in [0.05, 0.1) is 5.52 Å². The zero-order valence-corrected chi connectivity index (χ0v) is 45.4. The van der Waals surface area contributed by atoms with Crippen LogP contribution in [0.3, 0.4) is 0 Å². The van der Waals surface area contributed by atoms with E-state index in [9.17, 15) is 0 Å². The van der Waals surface area contributed by atoms with Gasteiger partial charge in [-0.15, -0.1) is 0 Å². The molecule has 2 aliphatic carbocycles. The molecule has 8 aromatic carbocycles. The molecule has 0 bridgehead atoms. The van der Waals surface area contributed by atoms with Crippen molar-refractivity contribution >= 4 is 50.4 Å². The summed E-state index contributed by atoms with van der Waals surface area (Å²) in [5, 5.41) is 2.66. The van der Waals surface area contributed by atoms with E-state index in [0.29, 0.717) is 0 Å². The first kappa shape index (κ1) is 46.7. The second kappa shape index (κ2) is 16.1. The smallest absolute Gasteiger partial charge is 0.0615 e. The van der Waals surface area contributed by atoms with E-state index in [4.69, 9.17) is 0 Å². The maximum atomic E-state index is 2.74. The zero-order chi connectivity index (χ0) is 51.3. The normalized spacial score (nSPS) is 14.4. The lowest BCUT2D eigenvalue weighted by Crippen LogP contribution is -2.23. The van der Waals surface area contributed by atoms with Crippen molar-refractivity contribution in [1.82, 2.24) is 4.40 Å². The minimum Gasteiger partial charge on any atom is -0.314 e. The van der Waals surface area contributed by atoms with Crippen LogP contribution in [-0.2, 0) is 21.7 Å². The Morgan fingerprint density at radius 1 is 0.370 bits per heavy atom. The molecule has 0 aliphatic heterocycles. The molecule has 73 heavy (non-hydrogen) atoms. The van der Waals surface area contributed by atoms with E-state index in [0.717, 1.165) is 0 Å². The molecule has 3 heteroatoms. The van der Waals surface area contributed by atoms with Crippen LogP contribution in [0, 0.1) is 27.7 Å². The lowest BCUT2D eigenvalue weighted by Gasteiger charge is -2.31. The second-order valence-corrected chi connectivity index (χ2v) is 24.7. The van der Waals surface area contributed by atoms with Crippen LogP contribution in [-0.4, -0.2) is 4.40 Å². The van der Waals surface area contributed by atoms with Gasteiger partial charge in [0, 0.05) is 78.2 Å². The number of anilines is 6. The number of nitrogens with zero attached hydrogens (tertiary/aromatic N) is 3. The van der Waals surface area contributed by atoms with Crippen LogP contribution in [0.2, 0.25) is 0 Å². The Morgan fingerprint density at radius 2 is 0.767 bits per heavy atom. The van der Waals surface area contributed by atoms with Gasteiger partial charge in [-0.05, 0) is 190 Å². The third-order valence-corrected chi connectivity index (χ3v) is 16.4. The number of hydrogen-bond donors (Lipinski definition) is 0. The van der Waals surface area contributed by atoms with E-state index in [1.807, 2.05) is 0 Å². The Labute approximate surface area is 434 Å². The third-order valence-electron chi connectivity index (χ3n) is 16.4. The van der Waals surface area contributed by atoms with Crippen LogP contribution in [0.25, 0.3) is 49.7 Å². The first-order valence-electron chi connectivity index (χ1n) is 26.4. The molecule has 0 saturated heterocycles. The topological polar surface area (TPSA) is 10.9 Å². The molecule has 2 aliphatic rings. The predicted octanol–water partition coefficient (Wildman–Crippen LogP) is 19.6. The van der Waals surface area contributed by atoms with Gasteiger partial charge in [-0.25, -0.2) is 0 Å². The first-order chi connectivity index (χ1) is 34.6. The van der Waals surface area contributed by atoms with Gasteiger partial charge in [-0.3, -0.25) is 0 Å². The average molecular weight is 952 g/mol. The third kappa shape index (κ3) is 7.28. The van der Waals surface area contributed by atoms with E-state index < -0.39 is 0 Å². The highest BCUT2D eigenvalue weighted by molar-refractivity contribution is 6.18. The van der Waals surface area contributed by atoms with Gasteiger partial charge in [0.2, 0.25) is 0 Å². The summed E-state index contributed by atoms with van der Waals surface area (Å²) in [6.45, 7) is 32.6. The number of aromatic nitrogens is 1. The van der Waals surface area contributed by atoms with E-state index in [-0.39, 0.29) is 21.7 Å². The fourth-order valence-electron chi connectivity index (χ4n) is 12.9. The van der Waals surface area contributed by atoms with Gasteiger partial charge < -0.3 is 14.2 Å². The van der Waals surface area contributed by atoms with E-state index >= 15 is 0 Å². The van der Waals surface area contributed by atoms with Gasteiger partial charge in [-0.1, -0.05) is 148 Å². The number of fused-ring (bicyclic) bond motifs is 10. The van der Waals surface area contributed by atoms with Crippen LogP contribution in [0.15, 0.2) is 164 Å². The predicted molar refractivity (Wildman–Crippen MR) is 312 cm³/mol. The quantitative estimate of drug-likeness (QED) is 0.158. The van der Waals surface area contributed by atoms with Crippen molar-refractivity contribution in [2.24, 2.45) is 0 Å². The molecule has 0 atom stereocenters. The maximum absolute atomic E-state index is 2.74. The minimum absolute atomic E-state index is 0.00971. The minimum atomic E-state index is -0.332. The maximum Gasteiger partial charge on any atom is 0.0615 e. The number of hydrogen-bond acceptors (Lipinski definition) is 2. The molecular weight excluding hydrogens is 883 g/mol. The molecule has 3 nitrogen and oxygen atoms in total. The molecule has 0 radical (unpaired) electrons. The van der Waals surface area contributed by atoms with Gasteiger partial charge in [0.25, 0.3) is 0 Å². The van der Waals surface area contributed by atoms with Crippen molar-refractivity contribution in [1.29, 1.82) is 0 Å². The van der Waals surface area contributed by atoms with Crippen LogP contribution in [0.1, 0.15) is 125 Å². The number of benzene rings is 8. The molecule has 0 saturated carbocycles. The average Bonchev–Trinajstić information content (AvgIpc) is 4.00. The summed E-state index contributed by atoms with van der Waals surface area (Å²) >= 11 is 0. The van der Waals surface area contributed by atoms with Crippen LogP contribution in [0.5, 0.6) is 0 Å². The summed E-state index contributed by atoms with van der Waals surface area (Å²) in [6.07, 6.45) is 0. The van der Waals surface area contributed by atoms with E-state index in [2.05, 4.69) is 275 Å². The molecule has 0 unspecified atom stereocenters. The molecule has 0 amide bonds. The number of rotatable bonds is 7. The van der Waals surface area contributed by atoms with E-state index in [1.165, 1.54) is 140 Å². The van der Waals surface area contributed by atoms with Crippen LogP contribution in [0.4, 0.5) is 34.1 Å². The zero-order valence-electron chi connectivity index (χ0n) is 45.4. The van der Waals surface area contributed by atoms with Crippen LogP contribution >= 0.6 is 0 Å². The highest BCUT2D eigenvalue weighted by Gasteiger charge is 2.47. The van der Waals surface area contributed by atoms with Crippen molar-refractivity contribution in [3.63, 3.8) is 0 Å². The summed E-state index contributed by atoms with van der Waals surface area (Å²) in [7, 11) is 0. The molecule has 0 spiro atoms. The summed E-state index contributed by atoms with van der Waals surface area (Å²) in [5.41, 5.74) is 28.8. The Morgan fingerprint density at radius 3 is 1.16 bits per heavy atom. The fourth-order valence-corrected chi connectivity index (χ4v) is 12.9. The molecular formula is C70H69N3. The van der Waals surface area contributed by atoms with Crippen LogP contribution < -0.4 is 9.80 Å². The largest absolute Gasteiger partial charge is 0.314 e. The highest BCUT2D eigenvalue weighted by atomic mass is 15.1. The Balaban J connectivity index is 1.08. The Hall–Kier alpha value is -7.36. The summed E-state index contributed by atoms with van der Waals surface area (Å²) in [4.78, 5) is 4.97. The summed E-state index contributed by atoms with van der Waals surface area (Å²) in [5.74, 6) is 0. The first-order valence-corrected chi connectivity index (χ1v) is 26.4. The van der Waals surface area contributed by atoms with Gasteiger partial charge >= 0.3 is 0 Å². The fraction of sp³-hybridized carbons (Fsp3) is 0.257. The summed E-state index contributed by atoms with van der Waals surface area (Å²) in [6, 6.07) is 62.9. The summed E-state index contributed by atoms with van der Waals surface area (Å²) < 4.78 is 2.74. The molecule has 364 valence electrons. The molecule has 0 fully saturated rings. The lowest BCUT2D eigenvalue weighted by molar-refractivity contribution is 0.588. The highest BCUT2D eigenvalue weighted by Crippen LogP contribution is 2.62. The standard InChI is InChI=1S/C70H69N3/c1-42-30-43(2)33-54(32-42)71(50-24-18-22-48(38-50)67(5,6)7)52-26-28-56-60(40-52)69(11,12)65-62(56)58-36-47(46-20-16-15-17-21-46)37-59-63-57-29-27-53(41-61(57)70(13,14)66(63)73(65)64(58)59)72(55-34-44(3)31-45(4)35-55)51-25-19-23-49(39-51)68(8,9)10/h15-41H,1-14H3. The molecule has 12 rings (SSSR count).